The van der Waals surface area contributed by atoms with E-state index in [2.05, 4.69) is 10.5 Å². The second-order valence-electron chi connectivity index (χ2n) is 5.17. The van der Waals surface area contributed by atoms with Crippen LogP contribution in [0.15, 0.2) is 32.9 Å². The van der Waals surface area contributed by atoms with Gasteiger partial charge in [0, 0.05) is 12.0 Å². The highest BCUT2D eigenvalue weighted by atomic mass is 35.5. The molecule has 4 nitrogen and oxygen atoms in total. The van der Waals surface area contributed by atoms with Crippen molar-refractivity contribution in [2.75, 3.05) is 11.2 Å². The summed E-state index contributed by atoms with van der Waals surface area (Å²) in [5, 5.41) is 5.27. The monoisotopic (exact) mass is 428 g/mol. The molecule has 0 aliphatic carbocycles. The fraction of sp³-hybridized carbons (Fsp3) is 0.214. The summed E-state index contributed by atoms with van der Waals surface area (Å²) >= 11 is 12.8. The van der Waals surface area contributed by atoms with Gasteiger partial charge in [-0.3, -0.25) is 5.43 Å². The van der Waals surface area contributed by atoms with E-state index < -0.39 is 21.6 Å². The lowest BCUT2D eigenvalue weighted by Gasteiger charge is -2.16. The van der Waals surface area contributed by atoms with Crippen LogP contribution in [0.2, 0.25) is 10.0 Å². The number of halogens is 5. The molecule has 0 fully saturated rings. The second-order valence-corrected chi connectivity index (χ2v) is 9.21. The molecule has 11 heteroatoms. The van der Waals surface area contributed by atoms with Gasteiger partial charge < -0.3 is 0 Å². The van der Waals surface area contributed by atoms with E-state index in [9.17, 15) is 21.6 Å². The molecule has 0 radical (unpaired) electrons. The molecule has 0 atom stereocenters. The molecule has 1 N–H and O–H groups in total. The Morgan fingerprint density at radius 2 is 1.84 bits per heavy atom. The molecule has 25 heavy (non-hydrogen) atoms. The van der Waals surface area contributed by atoms with Crippen molar-refractivity contribution < 1.29 is 21.6 Å². The Morgan fingerprint density at radius 3 is 2.44 bits per heavy atom. The van der Waals surface area contributed by atoms with Crippen molar-refractivity contribution in [1.82, 2.24) is 0 Å². The standard InChI is InChI=1S/C14H9Cl2F3N2O2S2/c15-9-5-7(14(17,18)19)6-10(16)12(9)21-20-11-2-4-25(22,23)13-8(11)1-3-24-13/h1,3,5-6,21H,2,4H2/b20-11-. The lowest BCUT2D eigenvalue weighted by atomic mass is 10.1. The fourth-order valence-electron chi connectivity index (χ4n) is 2.29. The number of nitrogens with one attached hydrogen (secondary N) is 1. The molecule has 1 aromatic carbocycles. The molecule has 0 amide bonds. The average Bonchev–Trinajstić information content (AvgIpc) is 2.98. The first kappa shape index (κ1) is 18.5. The van der Waals surface area contributed by atoms with Crippen molar-refractivity contribution in [3.63, 3.8) is 0 Å². The molecule has 0 bridgehead atoms. The van der Waals surface area contributed by atoms with Gasteiger partial charge in [-0.05, 0) is 23.6 Å². The van der Waals surface area contributed by atoms with E-state index in [0.29, 0.717) is 11.3 Å². The Bertz CT molecular complexity index is 946. The zero-order valence-electron chi connectivity index (χ0n) is 12.2. The molecular weight excluding hydrogens is 420 g/mol. The van der Waals surface area contributed by atoms with Gasteiger partial charge >= 0.3 is 6.18 Å². The molecular formula is C14H9Cl2F3N2O2S2. The lowest BCUT2D eigenvalue weighted by molar-refractivity contribution is -0.137. The Labute approximate surface area is 155 Å². The van der Waals surface area contributed by atoms with E-state index in [1.54, 1.807) is 11.4 Å². The number of fused-ring (bicyclic) bond motifs is 1. The quantitative estimate of drug-likeness (QED) is 0.679. The van der Waals surface area contributed by atoms with Crippen molar-refractivity contribution >= 4 is 55.8 Å². The van der Waals surface area contributed by atoms with Gasteiger partial charge in [0.25, 0.3) is 0 Å². The van der Waals surface area contributed by atoms with Crippen LogP contribution in [0.1, 0.15) is 17.5 Å². The molecule has 2 aromatic rings. The Morgan fingerprint density at radius 1 is 1.20 bits per heavy atom. The smallest absolute Gasteiger partial charge is 0.275 e. The van der Waals surface area contributed by atoms with E-state index in [0.717, 1.165) is 23.5 Å². The number of benzene rings is 1. The number of rotatable bonds is 2. The van der Waals surface area contributed by atoms with Crippen LogP contribution in [0.5, 0.6) is 0 Å². The minimum absolute atomic E-state index is 0.0223. The Kier molecular flexibility index (Phi) is 4.78. The third-order valence-electron chi connectivity index (χ3n) is 3.50. The van der Waals surface area contributed by atoms with Crippen LogP contribution < -0.4 is 5.43 Å². The summed E-state index contributed by atoms with van der Waals surface area (Å²) in [4.78, 5) is 0. The third kappa shape index (κ3) is 3.64. The van der Waals surface area contributed by atoms with Crippen molar-refractivity contribution in [3.8, 4) is 0 Å². The maximum absolute atomic E-state index is 12.7. The van der Waals surface area contributed by atoms with Gasteiger partial charge in [0.2, 0.25) is 0 Å². The minimum Gasteiger partial charge on any atom is -0.275 e. The predicted molar refractivity (Wildman–Crippen MR) is 92.6 cm³/mol. The number of alkyl halides is 3. The first-order valence-corrected chi connectivity index (χ1v) is 10.1. The average molecular weight is 429 g/mol. The Hall–Kier alpha value is -1.29. The molecule has 1 aliphatic heterocycles. The minimum atomic E-state index is -4.57. The van der Waals surface area contributed by atoms with E-state index in [-0.39, 0.29) is 32.1 Å². The highest BCUT2D eigenvalue weighted by Gasteiger charge is 2.32. The zero-order valence-corrected chi connectivity index (χ0v) is 15.3. The number of sulfone groups is 1. The summed E-state index contributed by atoms with van der Waals surface area (Å²) in [6.45, 7) is 0. The van der Waals surface area contributed by atoms with Gasteiger partial charge in [-0.1, -0.05) is 23.2 Å². The molecule has 2 heterocycles. The van der Waals surface area contributed by atoms with Crippen LogP contribution in [0.4, 0.5) is 18.9 Å². The Balaban J connectivity index is 1.94. The van der Waals surface area contributed by atoms with E-state index in [1.807, 2.05) is 0 Å². The molecule has 1 aliphatic rings. The van der Waals surface area contributed by atoms with Gasteiger partial charge in [0.1, 0.15) is 4.21 Å². The molecule has 3 rings (SSSR count). The summed E-state index contributed by atoms with van der Waals surface area (Å²) in [5.41, 5.74) is 2.55. The molecule has 0 saturated carbocycles. The first-order chi connectivity index (χ1) is 11.6. The number of nitrogens with zero attached hydrogens (tertiary/aromatic N) is 1. The van der Waals surface area contributed by atoms with Gasteiger partial charge in [0.15, 0.2) is 9.84 Å². The summed E-state index contributed by atoms with van der Waals surface area (Å²) < 4.78 is 62.4. The molecule has 134 valence electrons. The van der Waals surface area contributed by atoms with E-state index in [1.165, 1.54) is 0 Å². The number of anilines is 1. The highest BCUT2D eigenvalue weighted by Crippen LogP contribution is 2.39. The van der Waals surface area contributed by atoms with Crippen LogP contribution in [0.3, 0.4) is 0 Å². The normalized spacial score (nSPS) is 18.2. The number of hydrazone groups is 1. The molecule has 0 saturated heterocycles. The summed E-state index contributed by atoms with van der Waals surface area (Å²) in [5.74, 6) is -0.0878. The van der Waals surface area contributed by atoms with E-state index >= 15 is 0 Å². The fourth-order valence-corrected chi connectivity index (χ4v) is 5.68. The zero-order chi connectivity index (χ0) is 18.4. The van der Waals surface area contributed by atoms with Crippen molar-refractivity contribution in [1.29, 1.82) is 0 Å². The lowest BCUT2D eigenvalue weighted by Crippen LogP contribution is -2.20. The molecule has 1 aromatic heterocycles. The summed E-state index contributed by atoms with van der Waals surface area (Å²) in [6, 6.07) is 3.13. The third-order valence-corrected chi connectivity index (χ3v) is 7.38. The number of thiophene rings is 1. The maximum atomic E-state index is 12.7. The first-order valence-electron chi connectivity index (χ1n) is 6.79. The number of hydrogen-bond donors (Lipinski definition) is 1. The van der Waals surface area contributed by atoms with Gasteiger partial charge in [-0.15, -0.1) is 11.3 Å². The van der Waals surface area contributed by atoms with Gasteiger partial charge in [0.05, 0.1) is 32.8 Å². The molecule has 0 spiro atoms. The van der Waals surface area contributed by atoms with E-state index in [4.69, 9.17) is 23.2 Å². The van der Waals surface area contributed by atoms with Gasteiger partial charge in [-0.25, -0.2) is 8.42 Å². The second kappa shape index (κ2) is 6.46. The van der Waals surface area contributed by atoms with Crippen molar-refractivity contribution in [3.05, 3.63) is 44.8 Å². The molecule has 0 unspecified atom stereocenters. The number of hydrogen-bond acceptors (Lipinski definition) is 5. The largest absolute Gasteiger partial charge is 0.416 e. The van der Waals surface area contributed by atoms with Crippen LogP contribution >= 0.6 is 34.5 Å². The van der Waals surface area contributed by atoms with Crippen molar-refractivity contribution in [2.24, 2.45) is 5.10 Å². The van der Waals surface area contributed by atoms with Crippen LogP contribution in [0.25, 0.3) is 0 Å². The van der Waals surface area contributed by atoms with Crippen LogP contribution in [-0.4, -0.2) is 19.9 Å². The summed E-state index contributed by atoms with van der Waals surface area (Å²) in [6.07, 6.45) is -4.39. The maximum Gasteiger partial charge on any atom is 0.416 e. The van der Waals surface area contributed by atoms with Crippen molar-refractivity contribution in [2.45, 2.75) is 16.8 Å². The van der Waals surface area contributed by atoms with Crippen LogP contribution in [-0.2, 0) is 16.0 Å². The van der Waals surface area contributed by atoms with Gasteiger partial charge in [-0.2, -0.15) is 18.3 Å². The highest BCUT2D eigenvalue weighted by molar-refractivity contribution is 7.93. The predicted octanol–water partition coefficient (Wildman–Crippen LogP) is 5.07. The summed E-state index contributed by atoms with van der Waals surface area (Å²) in [7, 11) is -3.32. The SMILES string of the molecule is O=S1(=O)CC/C(=N/Nc2c(Cl)cc(C(F)(F)F)cc2Cl)c2ccsc21. The van der Waals surface area contributed by atoms with Crippen LogP contribution in [0, 0.1) is 0 Å². The topological polar surface area (TPSA) is 58.5 Å².